The average molecular weight is 511 g/mol. The first kappa shape index (κ1) is 26.0. The topological polar surface area (TPSA) is 286 Å². The third kappa shape index (κ3) is 6.95. The van der Waals surface area contributed by atoms with Gasteiger partial charge in [-0.1, -0.05) is 0 Å². The highest BCUT2D eigenvalue weighted by Crippen LogP contribution is 2.12. The largest absolute Gasteiger partial charge is 0.480 e. The van der Waals surface area contributed by atoms with Crippen molar-refractivity contribution >= 4 is 41.0 Å². The van der Waals surface area contributed by atoms with Crippen LogP contribution in [0.4, 0.5) is 27.9 Å². The van der Waals surface area contributed by atoms with Crippen molar-refractivity contribution in [2.24, 2.45) is 0 Å². The van der Waals surface area contributed by atoms with Crippen molar-refractivity contribution in [3.63, 3.8) is 0 Å². The molecule has 0 radical (unpaired) electrons. The number of aromatic amines is 1. The number of amides is 3. The highest BCUT2D eigenvalue weighted by atomic mass is 16.4. The summed E-state index contributed by atoms with van der Waals surface area (Å²) in [6.07, 6.45) is 1.46. The van der Waals surface area contributed by atoms with E-state index in [1.54, 1.807) is 0 Å². The summed E-state index contributed by atoms with van der Waals surface area (Å²) < 4.78 is 1.39. The number of aliphatic carboxylic acids is 1. The second kappa shape index (κ2) is 11.7. The number of anilines is 4. The number of nitrogens with zero attached hydrogens (tertiary/aromatic N) is 7. The molecule has 3 rings (SSSR count). The molecule has 0 fully saturated rings. The van der Waals surface area contributed by atoms with Gasteiger partial charge < -0.3 is 27.2 Å². The lowest BCUT2D eigenvalue weighted by atomic mass is 10.1. The molecule has 0 bridgehead atoms. The van der Waals surface area contributed by atoms with Crippen LogP contribution in [0.25, 0.3) is 0 Å². The minimum atomic E-state index is -1.27. The Kier molecular flexibility index (Phi) is 8.22. The lowest BCUT2D eigenvalue weighted by Crippen LogP contribution is -2.41. The van der Waals surface area contributed by atoms with E-state index in [2.05, 4.69) is 46.4 Å². The fourth-order valence-electron chi connectivity index (χ4n) is 3.00. The number of hydrogen-bond acceptors (Lipinski definition) is 12. The number of nitriles is 1. The number of carboxylic acid groups (broad SMARTS) is 1. The van der Waals surface area contributed by atoms with Gasteiger partial charge in [0.2, 0.25) is 5.95 Å². The molecule has 192 valence electrons. The van der Waals surface area contributed by atoms with Crippen molar-refractivity contribution in [3.8, 4) is 6.07 Å². The molecule has 3 heterocycles. The number of carboxylic acids is 1. The standard InChI is InChI=1S/C19H21N13O5/c20-6-1-7-32-12(29-30-31-32)5-4-11(17(35)36)25-15(33)10-3-2-9(8-23-10)24-19(37)26-13-14(21)27-18(22)28-16(13)34/h2-3,8,11H,1,4-5,7H2,(H,25,33)(H,35,36)(H2,24,26,37)(H5,21,22,27,28,34). The highest BCUT2D eigenvalue weighted by Gasteiger charge is 2.22. The van der Waals surface area contributed by atoms with Crippen molar-refractivity contribution in [1.82, 2.24) is 40.5 Å². The Morgan fingerprint density at radius 3 is 2.68 bits per heavy atom. The zero-order chi connectivity index (χ0) is 26.9. The number of pyridine rings is 1. The SMILES string of the molecule is N#CCCn1nnnc1CCC(NC(=O)c1ccc(NC(=O)Nc2c(N)nc(N)[nH]c2=O)cn1)C(=O)O. The van der Waals surface area contributed by atoms with Gasteiger partial charge in [-0.2, -0.15) is 10.2 Å². The third-order valence-corrected chi connectivity index (χ3v) is 4.76. The molecule has 1 atom stereocenters. The fraction of sp³-hybridized carbons (Fsp3) is 0.263. The van der Waals surface area contributed by atoms with Gasteiger partial charge in [0, 0.05) is 6.42 Å². The lowest BCUT2D eigenvalue weighted by Gasteiger charge is -2.14. The van der Waals surface area contributed by atoms with Gasteiger partial charge in [0.15, 0.2) is 17.3 Å². The summed E-state index contributed by atoms with van der Waals surface area (Å²) in [6, 6.07) is 2.46. The number of tetrazole rings is 1. The van der Waals surface area contributed by atoms with Gasteiger partial charge in [-0.15, -0.1) is 5.10 Å². The maximum atomic E-state index is 12.5. The van der Waals surface area contributed by atoms with E-state index in [1.165, 1.54) is 16.8 Å². The summed E-state index contributed by atoms with van der Waals surface area (Å²) in [4.78, 5) is 57.9. The number of nitrogens with two attached hydrogens (primary N) is 2. The quantitative estimate of drug-likeness (QED) is 0.166. The Morgan fingerprint density at radius 2 is 2.03 bits per heavy atom. The van der Waals surface area contributed by atoms with Crippen LogP contribution in [-0.2, 0) is 17.8 Å². The molecule has 0 saturated carbocycles. The Hall–Kier alpha value is -5.60. The minimum Gasteiger partial charge on any atom is -0.480 e. The number of H-pyrrole nitrogens is 1. The van der Waals surface area contributed by atoms with Crippen LogP contribution in [0.5, 0.6) is 0 Å². The first-order valence-corrected chi connectivity index (χ1v) is 10.5. The van der Waals surface area contributed by atoms with Crippen molar-refractivity contribution < 1.29 is 19.5 Å². The maximum Gasteiger partial charge on any atom is 0.326 e. The van der Waals surface area contributed by atoms with E-state index in [9.17, 15) is 24.3 Å². The minimum absolute atomic E-state index is 0.0178. The summed E-state index contributed by atoms with van der Waals surface area (Å²) in [5.41, 5.74) is 9.92. The Balaban J connectivity index is 1.58. The van der Waals surface area contributed by atoms with E-state index in [-0.39, 0.29) is 54.6 Å². The van der Waals surface area contributed by atoms with Crippen LogP contribution in [0.1, 0.15) is 29.2 Å². The van der Waals surface area contributed by atoms with Crippen LogP contribution in [-0.4, -0.2) is 64.2 Å². The van der Waals surface area contributed by atoms with Gasteiger partial charge in [-0.25, -0.2) is 19.3 Å². The van der Waals surface area contributed by atoms with Crippen LogP contribution in [0.3, 0.4) is 0 Å². The van der Waals surface area contributed by atoms with Gasteiger partial charge in [0.1, 0.15) is 11.7 Å². The Morgan fingerprint density at radius 1 is 1.24 bits per heavy atom. The number of carbonyl (C=O) groups is 3. The molecule has 1 unspecified atom stereocenters. The number of hydrogen-bond donors (Lipinski definition) is 7. The number of urea groups is 1. The molecule has 9 N–H and O–H groups in total. The summed E-state index contributed by atoms with van der Waals surface area (Å²) in [6.45, 7) is 0.256. The molecule has 0 aliphatic carbocycles. The second-order valence-corrected chi connectivity index (χ2v) is 7.35. The van der Waals surface area contributed by atoms with Crippen LogP contribution >= 0.6 is 0 Å². The maximum absolute atomic E-state index is 12.5. The molecular formula is C19H21N13O5. The molecule has 3 aromatic heterocycles. The van der Waals surface area contributed by atoms with E-state index in [4.69, 9.17) is 16.7 Å². The molecule has 18 nitrogen and oxygen atoms in total. The van der Waals surface area contributed by atoms with E-state index in [0.29, 0.717) is 5.82 Å². The second-order valence-electron chi connectivity index (χ2n) is 7.35. The fourth-order valence-corrected chi connectivity index (χ4v) is 3.00. The number of nitrogens with one attached hydrogen (secondary N) is 4. The van der Waals surface area contributed by atoms with Gasteiger partial charge in [0.05, 0.1) is 30.9 Å². The molecule has 3 amide bonds. The predicted molar refractivity (Wildman–Crippen MR) is 126 cm³/mol. The average Bonchev–Trinajstić information content (AvgIpc) is 3.30. The molecule has 0 aliphatic rings. The van der Waals surface area contributed by atoms with E-state index in [1.807, 2.05) is 6.07 Å². The summed E-state index contributed by atoms with van der Waals surface area (Å²) in [5.74, 6) is -2.16. The molecule has 0 aliphatic heterocycles. The van der Waals surface area contributed by atoms with Gasteiger partial charge >= 0.3 is 12.0 Å². The van der Waals surface area contributed by atoms with Crippen molar-refractivity contribution in [2.45, 2.75) is 31.8 Å². The number of aryl methyl sites for hydroxylation is 2. The van der Waals surface area contributed by atoms with Crippen LogP contribution in [0.2, 0.25) is 0 Å². The zero-order valence-electron chi connectivity index (χ0n) is 19.0. The number of rotatable bonds is 10. The summed E-state index contributed by atoms with van der Waals surface area (Å²) in [7, 11) is 0. The van der Waals surface area contributed by atoms with Crippen LogP contribution < -0.4 is 33.0 Å². The molecule has 18 heteroatoms. The van der Waals surface area contributed by atoms with Crippen molar-refractivity contribution in [2.75, 3.05) is 22.1 Å². The van der Waals surface area contributed by atoms with E-state index in [0.717, 1.165) is 6.20 Å². The molecule has 0 spiro atoms. The normalized spacial score (nSPS) is 11.2. The molecular weight excluding hydrogens is 490 g/mol. The number of nitrogen functional groups attached to an aromatic ring is 2. The predicted octanol–water partition coefficient (Wildman–Crippen LogP) is -1.31. The molecule has 0 aromatic carbocycles. The van der Waals surface area contributed by atoms with E-state index >= 15 is 0 Å². The van der Waals surface area contributed by atoms with Crippen molar-refractivity contribution in [3.05, 3.63) is 40.2 Å². The monoisotopic (exact) mass is 511 g/mol. The van der Waals surface area contributed by atoms with Crippen LogP contribution in [0, 0.1) is 11.3 Å². The lowest BCUT2D eigenvalue weighted by molar-refractivity contribution is -0.139. The Labute approximate surface area is 207 Å². The van der Waals surface area contributed by atoms with Crippen LogP contribution in [0.15, 0.2) is 23.1 Å². The first-order chi connectivity index (χ1) is 17.7. The van der Waals surface area contributed by atoms with E-state index < -0.39 is 29.5 Å². The number of carbonyl (C=O) groups excluding carboxylic acids is 2. The first-order valence-electron chi connectivity index (χ1n) is 10.5. The number of aromatic nitrogens is 7. The molecule has 0 saturated heterocycles. The van der Waals surface area contributed by atoms with Gasteiger partial charge in [-0.05, 0) is 29.0 Å². The zero-order valence-corrected chi connectivity index (χ0v) is 19.0. The molecule has 37 heavy (non-hydrogen) atoms. The van der Waals surface area contributed by atoms with Gasteiger partial charge in [0.25, 0.3) is 11.5 Å². The highest BCUT2D eigenvalue weighted by molar-refractivity contribution is 6.01. The van der Waals surface area contributed by atoms with Crippen molar-refractivity contribution in [1.29, 1.82) is 5.26 Å². The summed E-state index contributed by atoms with van der Waals surface area (Å²) in [5, 5.41) is 36.2. The molecule has 3 aromatic rings. The van der Waals surface area contributed by atoms with Gasteiger partial charge in [-0.3, -0.25) is 19.9 Å². The smallest absolute Gasteiger partial charge is 0.326 e. The summed E-state index contributed by atoms with van der Waals surface area (Å²) >= 11 is 0. The third-order valence-electron chi connectivity index (χ3n) is 4.76. The Bertz CT molecular complexity index is 1390.